The van der Waals surface area contributed by atoms with Crippen LogP contribution in [-0.2, 0) is 4.79 Å². The molecule has 1 heteroatoms. The van der Waals surface area contributed by atoms with Gasteiger partial charge in [0.1, 0.15) is 0 Å². The van der Waals surface area contributed by atoms with Crippen molar-refractivity contribution in [3.8, 4) is 0 Å². The zero-order chi connectivity index (χ0) is 16.2. The first-order chi connectivity index (χ1) is 10.6. The van der Waals surface area contributed by atoms with E-state index in [1.807, 2.05) is 6.92 Å². The Hall–Kier alpha value is -0.590. The molecule has 0 aromatic carbocycles. The number of rotatable bonds is 12. The van der Waals surface area contributed by atoms with Gasteiger partial charge in [-0.05, 0) is 50.5 Å². The number of hydrogen-bond donors (Lipinski definition) is 0. The zero-order valence-corrected chi connectivity index (χ0v) is 15.3. The number of hydrogen-bond acceptors (Lipinski definition) is 1. The van der Waals surface area contributed by atoms with Gasteiger partial charge < -0.3 is 0 Å². The molecule has 0 aliphatic heterocycles. The van der Waals surface area contributed by atoms with E-state index in [-0.39, 0.29) is 5.78 Å². The van der Waals surface area contributed by atoms with Crippen LogP contribution in [0.2, 0.25) is 0 Å². The lowest BCUT2D eigenvalue weighted by Crippen LogP contribution is -2.11. The van der Waals surface area contributed by atoms with Gasteiger partial charge in [0, 0.05) is 0 Å². The summed E-state index contributed by atoms with van der Waals surface area (Å²) in [6.07, 6.45) is 20.3. The Balaban J connectivity index is 2.26. The standard InChI is InChI=1S/C21H38O/c1-4-5-6-7-8-9-10-11-16-21(17-18(2)19(3)22)20-14-12-13-15-20/h17,20-21H,4-16H2,1-3H3. The maximum Gasteiger partial charge on any atom is 0.155 e. The number of allylic oxidation sites excluding steroid dienone is 2. The molecule has 0 saturated heterocycles. The molecule has 22 heavy (non-hydrogen) atoms. The van der Waals surface area contributed by atoms with E-state index in [2.05, 4.69) is 13.0 Å². The molecular weight excluding hydrogens is 268 g/mol. The first kappa shape index (κ1) is 19.5. The lowest BCUT2D eigenvalue weighted by Gasteiger charge is -2.21. The van der Waals surface area contributed by atoms with E-state index >= 15 is 0 Å². The average molecular weight is 307 g/mol. The number of Topliss-reactive ketones (excluding diaryl/α,β-unsaturated/α-hetero) is 1. The van der Waals surface area contributed by atoms with E-state index in [9.17, 15) is 4.79 Å². The van der Waals surface area contributed by atoms with Gasteiger partial charge in [-0.1, -0.05) is 77.2 Å². The van der Waals surface area contributed by atoms with Crippen LogP contribution in [0.4, 0.5) is 0 Å². The molecule has 1 rings (SSSR count). The molecule has 0 amide bonds. The zero-order valence-electron chi connectivity index (χ0n) is 15.3. The van der Waals surface area contributed by atoms with Gasteiger partial charge in [0.2, 0.25) is 0 Å². The van der Waals surface area contributed by atoms with E-state index < -0.39 is 0 Å². The summed E-state index contributed by atoms with van der Waals surface area (Å²) in [6, 6.07) is 0. The van der Waals surface area contributed by atoms with Crippen LogP contribution in [0, 0.1) is 11.8 Å². The summed E-state index contributed by atoms with van der Waals surface area (Å²) in [5.41, 5.74) is 0.983. The summed E-state index contributed by atoms with van der Waals surface area (Å²) in [7, 11) is 0. The molecule has 1 unspecified atom stereocenters. The van der Waals surface area contributed by atoms with Crippen LogP contribution in [0.15, 0.2) is 11.6 Å². The summed E-state index contributed by atoms with van der Waals surface area (Å²) in [5.74, 6) is 1.75. The lowest BCUT2D eigenvalue weighted by molar-refractivity contribution is -0.113. The van der Waals surface area contributed by atoms with Crippen LogP contribution in [0.5, 0.6) is 0 Å². The second-order valence-corrected chi connectivity index (χ2v) is 7.38. The summed E-state index contributed by atoms with van der Waals surface area (Å²) >= 11 is 0. The summed E-state index contributed by atoms with van der Waals surface area (Å²) in [4.78, 5) is 11.5. The molecule has 0 bridgehead atoms. The summed E-state index contributed by atoms with van der Waals surface area (Å²) in [6.45, 7) is 5.98. The Morgan fingerprint density at radius 1 is 0.955 bits per heavy atom. The first-order valence-electron chi connectivity index (χ1n) is 9.84. The smallest absolute Gasteiger partial charge is 0.155 e. The molecule has 1 aliphatic rings. The van der Waals surface area contributed by atoms with Crippen LogP contribution in [0.3, 0.4) is 0 Å². The molecule has 1 saturated carbocycles. The minimum Gasteiger partial charge on any atom is -0.295 e. The molecule has 0 spiro atoms. The molecule has 0 N–H and O–H groups in total. The van der Waals surface area contributed by atoms with Gasteiger partial charge in [0.25, 0.3) is 0 Å². The van der Waals surface area contributed by atoms with E-state index in [0.717, 1.165) is 11.5 Å². The molecule has 1 fully saturated rings. The van der Waals surface area contributed by atoms with Crippen molar-refractivity contribution in [3.05, 3.63) is 11.6 Å². The fourth-order valence-electron chi connectivity index (χ4n) is 3.79. The Morgan fingerprint density at radius 2 is 1.50 bits per heavy atom. The van der Waals surface area contributed by atoms with Crippen molar-refractivity contribution < 1.29 is 4.79 Å². The van der Waals surface area contributed by atoms with Crippen LogP contribution >= 0.6 is 0 Å². The van der Waals surface area contributed by atoms with Gasteiger partial charge in [-0.15, -0.1) is 0 Å². The largest absolute Gasteiger partial charge is 0.295 e. The molecule has 0 radical (unpaired) electrons. The predicted octanol–water partition coefficient (Wildman–Crippen LogP) is 6.86. The Kier molecular flexibility index (Phi) is 10.5. The van der Waals surface area contributed by atoms with Gasteiger partial charge in [-0.2, -0.15) is 0 Å². The van der Waals surface area contributed by atoms with Crippen molar-refractivity contribution in [2.45, 2.75) is 104 Å². The summed E-state index contributed by atoms with van der Waals surface area (Å²) in [5, 5.41) is 0. The fourth-order valence-corrected chi connectivity index (χ4v) is 3.79. The van der Waals surface area contributed by atoms with Crippen LogP contribution in [-0.4, -0.2) is 5.78 Å². The molecule has 0 aromatic heterocycles. The van der Waals surface area contributed by atoms with E-state index in [1.165, 1.54) is 83.5 Å². The first-order valence-corrected chi connectivity index (χ1v) is 9.84. The predicted molar refractivity (Wildman–Crippen MR) is 97.1 cm³/mol. The third-order valence-electron chi connectivity index (χ3n) is 5.42. The van der Waals surface area contributed by atoms with Gasteiger partial charge in [-0.25, -0.2) is 0 Å². The normalized spacial score (nSPS) is 17.9. The highest BCUT2D eigenvalue weighted by Crippen LogP contribution is 2.35. The Bertz CT molecular complexity index is 323. The molecule has 0 aromatic rings. The van der Waals surface area contributed by atoms with Crippen molar-refractivity contribution in [3.63, 3.8) is 0 Å². The topological polar surface area (TPSA) is 17.1 Å². The van der Waals surface area contributed by atoms with Crippen molar-refractivity contribution in [1.82, 2.24) is 0 Å². The van der Waals surface area contributed by atoms with Crippen LogP contribution < -0.4 is 0 Å². The summed E-state index contributed by atoms with van der Waals surface area (Å²) < 4.78 is 0. The van der Waals surface area contributed by atoms with Crippen molar-refractivity contribution >= 4 is 5.78 Å². The van der Waals surface area contributed by atoms with Crippen LogP contribution in [0.25, 0.3) is 0 Å². The van der Waals surface area contributed by atoms with Gasteiger partial charge >= 0.3 is 0 Å². The maximum atomic E-state index is 11.5. The number of carbonyl (C=O) groups excluding carboxylic acids is 1. The van der Waals surface area contributed by atoms with Crippen molar-refractivity contribution in [2.24, 2.45) is 11.8 Å². The fraction of sp³-hybridized carbons (Fsp3) is 0.857. The van der Waals surface area contributed by atoms with Crippen molar-refractivity contribution in [1.29, 1.82) is 0 Å². The molecule has 1 nitrogen and oxygen atoms in total. The second kappa shape index (κ2) is 11.9. The molecule has 128 valence electrons. The highest BCUT2D eigenvalue weighted by Gasteiger charge is 2.23. The van der Waals surface area contributed by atoms with E-state index in [1.54, 1.807) is 6.92 Å². The minimum absolute atomic E-state index is 0.249. The monoisotopic (exact) mass is 306 g/mol. The highest BCUT2D eigenvalue weighted by molar-refractivity contribution is 5.92. The molecule has 0 heterocycles. The number of ketones is 1. The number of unbranched alkanes of at least 4 members (excludes halogenated alkanes) is 7. The average Bonchev–Trinajstić information content (AvgIpc) is 3.02. The highest BCUT2D eigenvalue weighted by atomic mass is 16.1. The maximum absolute atomic E-state index is 11.5. The van der Waals surface area contributed by atoms with Crippen molar-refractivity contribution in [2.75, 3.05) is 0 Å². The Morgan fingerprint density at radius 3 is 2.05 bits per heavy atom. The SMILES string of the molecule is CCCCCCCCCCC(C=C(C)C(C)=O)C1CCCC1. The number of carbonyl (C=O) groups is 1. The minimum atomic E-state index is 0.249. The third-order valence-corrected chi connectivity index (χ3v) is 5.42. The third kappa shape index (κ3) is 8.15. The quantitative estimate of drug-likeness (QED) is 0.284. The molecular formula is C21H38O. The van der Waals surface area contributed by atoms with Gasteiger partial charge in [0.05, 0.1) is 0 Å². The van der Waals surface area contributed by atoms with Gasteiger partial charge in [0.15, 0.2) is 5.78 Å². The molecule has 1 atom stereocenters. The van der Waals surface area contributed by atoms with Crippen LogP contribution in [0.1, 0.15) is 104 Å². The molecule has 1 aliphatic carbocycles. The van der Waals surface area contributed by atoms with E-state index in [0.29, 0.717) is 5.92 Å². The second-order valence-electron chi connectivity index (χ2n) is 7.38. The van der Waals surface area contributed by atoms with Gasteiger partial charge in [-0.3, -0.25) is 4.79 Å². The lowest BCUT2D eigenvalue weighted by atomic mass is 9.84. The Labute approximate surface area is 139 Å². The van der Waals surface area contributed by atoms with E-state index in [4.69, 9.17) is 0 Å².